The van der Waals surface area contributed by atoms with Crippen LogP contribution >= 0.6 is 0 Å². The number of amides is 1. The monoisotopic (exact) mass is 424 g/mol. The van der Waals surface area contributed by atoms with E-state index in [1.807, 2.05) is 4.90 Å². The van der Waals surface area contributed by atoms with E-state index in [0.717, 1.165) is 32.4 Å². The standard InChI is InChI=1S/C20H28N2O6S/c1-27-17-7-3-4-8-19(17)29(25,26)21-16-10-9-15(28-18(16)14-23)13-20(24)22-11-5-2-6-12-22/h3-4,7-10,15-16,18,21,23H,2,5-6,11-14H2,1H3/t15-,16-,18+/m1/s1. The number of nitrogens with one attached hydrogen (secondary N) is 1. The third kappa shape index (κ3) is 5.36. The summed E-state index contributed by atoms with van der Waals surface area (Å²) in [5.41, 5.74) is 0. The Balaban J connectivity index is 1.67. The molecule has 1 aromatic carbocycles. The summed E-state index contributed by atoms with van der Waals surface area (Å²) >= 11 is 0. The lowest BCUT2D eigenvalue weighted by Crippen LogP contribution is -2.49. The van der Waals surface area contributed by atoms with Crippen LogP contribution in [0, 0.1) is 0 Å². The van der Waals surface area contributed by atoms with Crippen molar-refractivity contribution < 1.29 is 27.8 Å². The molecule has 1 saturated heterocycles. The molecule has 160 valence electrons. The quantitative estimate of drug-likeness (QED) is 0.634. The Morgan fingerprint density at radius 3 is 2.66 bits per heavy atom. The molecule has 0 aromatic heterocycles. The van der Waals surface area contributed by atoms with Crippen molar-refractivity contribution in [1.82, 2.24) is 9.62 Å². The molecular weight excluding hydrogens is 396 g/mol. The first-order valence-electron chi connectivity index (χ1n) is 9.82. The van der Waals surface area contributed by atoms with Crippen molar-refractivity contribution in [3.63, 3.8) is 0 Å². The van der Waals surface area contributed by atoms with E-state index >= 15 is 0 Å². The van der Waals surface area contributed by atoms with Gasteiger partial charge in [0.1, 0.15) is 16.7 Å². The fraction of sp³-hybridized carbons (Fsp3) is 0.550. The summed E-state index contributed by atoms with van der Waals surface area (Å²) in [6.07, 6.45) is 5.40. The summed E-state index contributed by atoms with van der Waals surface area (Å²) in [7, 11) is -2.49. The Kier molecular flexibility index (Phi) is 7.28. The lowest BCUT2D eigenvalue weighted by Gasteiger charge is -2.33. The number of piperidine rings is 1. The lowest BCUT2D eigenvalue weighted by molar-refractivity contribution is -0.136. The number of carbonyl (C=O) groups excluding carboxylic acids is 1. The highest BCUT2D eigenvalue weighted by molar-refractivity contribution is 7.89. The Bertz CT molecular complexity index is 835. The molecule has 1 amide bonds. The van der Waals surface area contributed by atoms with Crippen LogP contribution in [0.4, 0.5) is 0 Å². The van der Waals surface area contributed by atoms with E-state index in [1.54, 1.807) is 30.4 Å². The number of benzene rings is 1. The molecule has 29 heavy (non-hydrogen) atoms. The van der Waals surface area contributed by atoms with Crippen molar-refractivity contribution in [3.8, 4) is 5.75 Å². The summed E-state index contributed by atoms with van der Waals surface area (Å²) in [5, 5.41) is 9.72. The maximum absolute atomic E-state index is 12.8. The molecule has 1 aromatic rings. The predicted molar refractivity (Wildman–Crippen MR) is 107 cm³/mol. The molecule has 2 heterocycles. The van der Waals surface area contributed by atoms with Crippen LogP contribution in [0.3, 0.4) is 0 Å². The number of nitrogens with zero attached hydrogens (tertiary/aromatic N) is 1. The third-order valence-electron chi connectivity index (χ3n) is 5.20. The predicted octanol–water partition coefficient (Wildman–Crippen LogP) is 1.06. The minimum atomic E-state index is -3.90. The van der Waals surface area contributed by atoms with Crippen molar-refractivity contribution in [1.29, 1.82) is 0 Å². The van der Waals surface area contributed by atoms with E-state index in [4.69, 9.17) is 9.47 Å². The van der Waals surface area contributed by atoms with E-state index in [-0.39, 0.29) is 29.6 Å². The molecule has 2 aliphatic rings. The van der Waals surface area contributed by atoms with Crippen molar-refractivity contribution in [2.24, 2.45) is 0 Å². The smallest absolute Gasteiger partial charge is 0.244 e. The SMILES string of the molecule is COc1ccccc1S(=O)(=O)N[C@@H]1C=C[C@H](CC(=O)N2CCCCC2)O[C@H]1CO. The van der Waals surface area contributed by atoms with E-state index in [2.05, 4.69) is 4.72 Å². The van der Waals surface area contributed by atoms with Crippen LogP contribution < -0.4 is 9.46 Å². The first-order valence-corrected chi connectivity index (χ1v) is 11.3. The van der Waals surface area contributed by atoms with Gasteiger partial charge in [0.2, 0.25) is 15.9 Å². The molecule has 0 unspecified atom stereocenters. The molecule has 2 aliphatic heterocycles. The van der Waals surface area contributed by atoms with Gasteiger partial charge >= 0.3 is 0 Å². The Morgan fingerprint density at radius 2 is 1.97 bits per heavy atom. The summed E-state index contributed by atoms with van der Waals surface area (Å²) in [6, 6.07) is 5.55. The molecule has 1 fully saturated rings. The van der Waals surface area contributed by atoms with Gasteiger partial charge in [-0.3, -0.25) is 4.79 Å². The molecule has 0 radical (unpaired) electrons. The van der Waals surface area contributed by atoms with Crippen molar-refractivity contribution in [2.45, 2.75) is 48.8 Å². The number of rotatable bonds is 7. The molecule has 3 rings (SSSR count). The molecule has 0 aliphatic carbocycles. The fourth-order valence-corrected chi connectivity index (χ4v) is 5.03. The minimum absolute atomic E-state index is 0.00925. The van der Waals surface area contributed by atoms with Crippen LogP contribution in [0.2, 0.25) is 0 Å². The first kappa shape index (κ1) is 21.8. The van der Waals surface area contributed by atoms with Gasteiger partial charge in [-0.05, 0) is 31.4 Å². The normalized spacial score (nSPS) is 25.0. The number of likely N-dealkylation sites (tertiary alicyclic amines) is 1. The van der Waals surface area contributed by atoms with Crippen LogP contribution in [0.25, 0.3) is 0 Å². The van der Waals surface area contributed by atoms with Crippen LogP contribution in [-0.4, -0.2) is 69.4 Å². The summed E-state index contributed by atoms with van der Waals surface area (Å²) in [4.78, 5) is 14.3. The molecule has 8 nitrogen and oxygen atoms in total. The van der Waals surface area contributed by atoms with Gasteiger partial charge in [0.25, 0.3) is 0 Å². The average molecular weight is 425 g/mol. The van der Waals surface area contributed by atoms with Crippen molar-refractivity contribution >= 4 is 15.9 Å². The second kappa shape index (κ2) is 9.71. The maximum Gasteiger partial charge on any atom is 0.244 e. The number of aliphatic hydroxyl groups is 1. The Hall–Kier alpha value is -1.94. The Morgan fingerprint density at radius 1 is 1.24 bits per heavy atom. The largest absolute Gasteiger partial charge is 0.495 e. The van der Waals surface area contributed by atoms with Crippen molar-refractivity contribution in [3.05, 3.63) is 36.4 Å². The number of hydrogen-bond acceptors (Lipinski definition) is 6. The summed E-state index contributed by atoms with van der Waals surface area (Å²) < 4.78 is 39.1. The van der Waals surface area contributed by atoms with E-state index in [9.17, 15) is 18.3 Å². The van der Waals surface area contributed by atoms with Gasteiger partial charge in [-0.15, -0.1) is 0 Å². The summed E-state index contributed by atoms with van der Waals surface area (Å²) in [6.45, 7) is 1.15. The highest BCUT2D eigenvalue weighted by atomic mass is 32.2. The van der Waals surface area contributed by atoms with Gasteiger partial charge in [0.05, 0.1) is 32.3 Å². The average Bonchev–Trinajstić information content (AvgIpc) is 2.75. The van der Waals surface area contributed by atoms with Gasteiger partial charge in [0.15, 0.2) is 0 Å². The van der Waals surface area contributed by atoms with Gasteiger partial charge in [0, 0.05) is 13.1 Å². The maximum atomic E-state index is 12.8. The molecule has 3 atom stereocenters. The molecule has 0 bridgehead atoms. The van der Waals surface area contributed by atoms with Crippen molar-refractivity contribution in [2.75, 3.05) is 26.8 Å². The Labute approximate surface area is 171 Å². The summed E-state index contributed by atoms with van der Waals surface area (Å²) in [5.74, 6) is 0.246. The molecule has 9 heteroatoms. The van der Waals surface area contributed by atoms with Crippen LogP contribution in [0.1, 0.15) is 25.7 Å². The first-order chi connectivity index (χ1) is 13.9. The number of para-hydroxylation sites is 1. The van der Waals surface area contributed by atoms with Gasteiger partial charge in [-0.25, -0.2) is 13.1 Å². The zero-order valence-electron chi connectivity index (χ0n) is 16.5. The number of sulfonamides is 1. The molecule has 0 spiro atoms. The third-order valence-corrected chi connectivity index (χ3v) is 6.70. The van der Waals surface area contributed by atoms with Gasteiger partial charge < -0.3 is 19.5 Å². The second-order valence-corrected chi connectivity index (χ2v) is 8.91. The number of aliphatic hydroxyl groups excluding tert-OH is 1. The molecule has 0 saturated carbocycles. The van der Waals surface area contributed by atoms with Crippen LogP contribution in [-0.2, 0) is 19.6 Å². The molecule has 2 N–H and O–H groups in total. The van der Waals surface area contributed by atoms with Crippen LogP contribution in [0.15, 0.2) is 41.3 Å². The molecular formula is C20H28N2O6S. The number of carbonyl (C=O) groups is 1. The van der Waals surface area contributed by atoms with E-state index in [0.29, 0.717) is 0 Å². The topological polar surface area (TPSA) is 105 Å². The fourth-order valence-electron chi connectivity index (χ4n) is 3.64. The van der Waals surface area contributed by atoms with Gasteiger partial charge in [-0.1, -0.05) is 24.3 Å². The highest BCUT2D eigenvalue weighted by Gasteiger charge is 2.33. The number of hydrogen-bond donors (Lipinski definition) is 2. The van der Waals surface area contributed by atoms with E-state index < -0.39 is 28.3 Å². The lowest BCUT2D eigenvalue weighted by atomic mass is 10.0. The van der Waals surface area contributed by atoms with E-state index in [1.165, 1.54) is 13.2 Å². The highest BCUT2D eigenvalue weighted by Crippen LogP contribution is 2.25. The number of methoxy groups -OCH3 is 1. The van der Waals surface area contributed by atoms with Gasteiger partial charge in [-0.2, -0.15) is 0 Å². The van der Waals surface area contributed by atoms with Crippen LogP contribution in [0.5, 0.6) is 5.75 Å². The zero-order chi connectivity index (χ0) is 20.9. The minimum Gasteiger partial charge on any atom is -0.495 e. The number of ether oxygens (including phenoxy) is 2. The second-order valence-electron chi connectivity index (χ2n) is 7.22. The zero-order valence-corrected chi connectivity index (χ0v) is 17.3.